The van der Waals surface area contributed by atoms with E-state index in [4.69, 9.17) is 4.74 Å². The van der Waals surface area contributed by atoms with Gasteiger partial charge in [-0.1, -0.05) is 44.2 Å². The lowest BCUT2D eigenvalue weighted by Gasteiger charge is -2.21. The summed E-state index contributed by atoms with van der Waals surface area (Å²) in [7, 11) is 0. The Kier molecular flexibility index (Phi) is 6.67. The minimum Gasteiger partial charge on any atom is -0.489 e. The quantitative estimate of drug-likeness (QED) is 0.717. The molecule has 122 valence electrons. The number of benzene rings is 2. The molecule has 0 saturated heterocycles. The van der Waals surface area contributed by atoms with Gasteiger partial charge >= 0.3 is 0 Å². The Morgan fingerprint density at radius 1 is 0.913 bits per heavy atom. The molecule has 23 heavy (non-hydrogen) atoms. The maximum absolute atomic E-state index is 12.5. The van der Waals surface area contributed by atoms with Crippen LogP contribution in [0.2, 0.25) is 0 Å². The van der Waals surface area contributed by atoms with Crippen molar-refractivity contribution in [2.75, 3.05) is 13.1 Å². The number of ether oxygens (including phenoxy) is 1. The Bertz CT molecular complexity index is 587. The van der Waals surface area contributed by atoms with Crippen molar-refractivity contribution < 1.29 is 9.53 Å². The van der Waals surface area contributed by atoms with Gasteiger partial charge in [-0.2, -0.15) is 0 Å². The van der Waals surface area contributed by atoms with Crippen molar-refractivity contribution in [2.24, 2.45) is 0 Å². The van der Waals surface area contributed by atoms with Gasteiger partial charge in [0.1, 0.15) is 12.4 Å². The summed E-state index contributed by atoms with van der Waals surface area (Å²) in [5.41, 5.74) is 1.80. The van der Waals surface area contributed by atoms with Gasteiger partial charge in [-0.15, -0.1) is 0 Å². The smallest absolute Gasteiger partial charge is 0.253 e. The maximum atomic E-state index is 12.5. The number of rotatable bonds is 8. The third kappa shape index (κ3) is 5.13. The number of hydrogen-bond donors (Lipinski definition) is 0. The molecule has 0 N–H and O–H groups in total. The van der Waals surface area contributed by atoms with E-state index >= 15 is 0 Å². The van der Waals surface area contributed by atoms with Crippen molar-refractivity contribution in [3.05, 3.63) is 65.7 Å². The van der Waals surface area contributed by atoms with Crippen LogP contribution in [0.25, 0.3) is 0 Å². The van der Waals surface area contributed by atoms with Crippen molar-refractivity contribution in [1.82, 2.24) is 4.90 Å². The van der Waals surface area contributed by atoms with E-state index in [1.165, 1.54) is 0 Å². The number of hydrogen-bond acceptors (Lipinski definition) is 2. The fourth-order valence-corrected chi connectivity index (χ4v) is 2.46. The molecular formula is C20H25NO2. The van der Waals surface area contributed by atoms with Crippen LogP contribution in [0.4, 0.5) is 0 Å². The Labute approximate surface area is 138 Å². The summed E-state index contributed by atoms with van der Waals surface area (Å²) in [4.78, 5) is 14.4. The topological polar surface area (TPSA) is 29.5 Å². The predicted octanol–water partition coefficient (Wildman–Crippen LogP) is 4.53. The standard InChI is InChI=1S/C20H25NO2/c1-3-14-21(15-4-2)20(22)18-12-10-17(11-13-18)16-23-19-8-6-5-7-9-19/h5-13H,3-4,14-16H2,1-2H3. The van der Waals surface area contributed by atoms with Crippen molar-refractivity contribution in [3.8, 4) is 5.75 Å². The Hall–Kier alpha value is -2.29. The third-order valence-corrected chi connectivity index (χ3v) is 3.62. The number of nitrogens with zero attached hydrogens (tertiary/aromatic N) is 1. The SMILES string of the molecule is CCCN(CCC)C(=O)c1ccc(COc2ccccc2)cc1. The van der Waals surface area contributed by atoms with Crippen molar-refractivity contribution in [1.29, 1.82) is 0 Å². The van der Waals surface area contributed by atoms with Gasteiger partial charge in [-0.05, 0) is 42.7 Å². The molecule has 0 saturated carbocycles. The monoisotopic (exact) mass is 311 g/mol. The lowest BCUT2D eigenvalue weighted by molar-refractivity contribution is 0.0755. The molecule has 0 bridgehead atoms. The molecule has 2 aromatic rings. The second-order valence-electron chi connectivity index (χ2n) is 5.59. The van der Waals surface area contributed by atoms with E-state index in [-0.39, 0.29) is 5.91 Å². The van der Waals surface area contributed by atoms with E-state index in [0.717, 1.165) is 42.8 Å². The van der Waals surface area contributed by atoms with Crippen LogP contribution >= 0.6 is 0 Å². The fourth-order valence-electron chi connectivity index (χ4n) is 2.46. The Balaban J connectivity index is 1.96. The van der Waals surface area contributed by atoms with Crippen LogP contribution in [0, 0.1) is 0 Å². The predicted molar refractivity (Wildman–Crippen MR) is 93.7 cm³/mol. The van der Waals surface area contributed by atoms with E-state index < -0.39 is 0 Å². The average Bonchev–Trinajstić information content (AvgIpc) is 2.60. The Morgan fingerprint density at radius 2 is 1.52 bits per heavy atom. The third-order valence-electron chi connectivity index (χ3n) is 3.62. The molecule has 0 radical (unpaired) electrons. The summed E-state index contributed by atoms with van der Waals surface area (Å²) >= 11 is 0. The molecule has 0 heterocycles. The second kappa shape index (κ2) is 8.99. The molecule has 2 aromatic carbocycles. The van der Waals surface area contributed by atoms with Crippen LogP contribution in [-0.2, 0) is 6.61 Å². The molecule has 0 aliphatic rings. The van der Waals surface area contributed by atoms with Gasteiger partial charge in [0, 0.05) is 18.7 Å². The first-order valence-electron chi connectivity index (χ1n) is 8.30. The fraction of sp³-hybridized carbons (Fsp3) is 0.350. The van der Waals surface area contributed by atoms with Crippen LogP contribution in [-0.4, -0.2) is 23.9 Å². The normalized spacial score (nSPS) is 10.3. The van der Waals surface area contributed by atoms with Gasteiger partial charge in [0.05, 0.1) is 0 Å². The molecule has 3 nitrogen and oxygen atoms in total. The van der Waals surface area contributed by atoms with Gasteiger partial charge < -0.3 is 9.64 Å². The van der Waals surface area contributed by atoms with Crippen LogP contribution in [0.1, 0.15) is 42.6 Å². The van der Waals surface area contributed by atoms with E-state index in [2.05, 4.69) is 13.8 Å². The maximum Gasteiger partial charge on any atom is 0.253 e. The zero-order valence-electron chi connectivity index (χ0n) is 14.0. The summed E-state index contributed by atoms with van der Waals surface area (Å²) in [6.07, 6.45) is 1.96. The summed E-state index contributed by atoms with van der Waals surface area (Å²) in [5.74, 6) is 0.967. The second-order valence-corrected chi connectivity index (χ2v) is 5.59. The largest absolute Gasteiger partial charge is 0.489 e. The van der Waals surface area contributed by atoms with Crippen molar-refractivity contribution >= 4 is 5.91 Å². The summed E-state index contributed by atoms with van der Waals surface area (Å²) < 4.78 is 5.72. The van der Waals surface area contributed by atoms with Crippen molar-refractivity contribution in [3.63, 3.8) is 0 Å². The molecule has 0 unspecified atom stereocenters. The highest BCUT2D eigenvalue weighted by atomic mass is 16.5. The van der Waals surface area contributed by atoms with Gasteiger partial charge in [0.2, 0.25) is 0 Å². The first-order valence-corrected chi connectivity index (χ1v) is 8.30. The van der Waals surface area contributed by atoms with E-state index in [9.17, 15) is 4.79 Å². The molecular weight excluding hydrogens is 286 g/mol. The molecule has 1 amide bonds. The molecule has 0 fully saturated rings. The molecule has 0 aromatic heterocycles. The van der Waals surface area contributed by atoms with Crippen LogP contribution in [0.5, 0.6) is 5.75 Å². The molecule has 0 spiro atoms. The lowest BCUT2D eigenvalue weighted by Crippen LogP contribution is -2.32. The minimum atomic E-state index is 0.115. The summed E-state index contributed by atoms with van der Waals surface area (Å²) in [6, 6.07) is 17.5. The first-order chi connectivity index (χ1) is 11.2. The van der Waals surface area contributed by atoms with Crippen LogP contribution < -0.4 is 4.74 Å². The Morgan fingerprint density at radius 3 is 2.09 bits per heavy atom. The molecule has 0 aliphatic heterocycles. The zero-order valence-corrected chi connectivity index (χ0v) is 14.0. The van der Waals surface area contributed by atoms with Gasteiger partial charge in [0.25, 0.3) is 5.91 Å². The summed E-state index contributed by atoms with van der Waals surface area (Å²) in [6.45, 7) is 6.32. The number of carbonyl (C=O) groups excluding carboxylic acids is 1. The average molecular weight is 311 g/mol. The first kappa shape index (κ1) is 17.1. The molecule has 3 heteroatoms. The molecule has 2 rings (SSSR count). The highest BCUT2D eigenvalue weighted by molar-refractivity contribution is 5.94. The lowest BCUT2D eigenvalue weighted by atomic mass is 10.1. The highest BCUT2D eigenvalue weighted by Crippen LogP contribution is 2.13. The zero-order chi connectivity index (χ0) is 16.5. The van der Waals surface area contributed by atoms with Crippen LogP contribution in [0.15, 0.2) is 54.6 Å². The number of amides is 1. The van der Waals surface area contributed by atoms with E-state index in [1.807, 2.05) is 59.5 Å². The van der Waals surface area contributed by atoms with E-state index in [1.54, 1.807) is 0 Å². The number of para-hydroxylation sites is 1. The minimum absolute atomic E-state index is 0.115. The highest BCUT2D eigenvalue weighted by Gasteiger charge is 2.13. The van der Waals surface area contributed by atoms with Crippen LogP contribution in [0.3, 0.4) is 0 Å². The van der Waals surface area contributed by atoms with Gasteiger partial charge in [0.15, 0.2) is 0 Å². The van der Waals surface area contributed by atoms with E-state index in [0.29, 0.717) is 6.61 Å². The summed E-state index contributed by atoms with van der Waals surface area (Å²) in [5, 5.41) is 0. The molecule has 0 atom stereocenters. The van der Waals surface area contributed by atoms with Gasteiger partial charge in [-0.25, -0.2) is 0 Å². The molecule has 0 aliphatic carbocycles. The van der Waals surface area contributed by atoms with Crippen molar-refractivity contribution in [2.45, 2.75) is 33.3 Å². The van der Waals surface area contributed by atoms with Gasteiger partial charge in [-0.3, -0.25) is 4.79 Å². The number of carbonyl (C=O) groups is 1.